The molecule has 0 unspecified atom stereocenters. The molecule has 0 aliphatic carbocycles. The second-order valence-corrected chi connectivity index (χ2v) is 8.21. The zero-order valence-corrected chi connectivity index (χ0v) is 16.5. The smallest absolute Gasteiger partial charge is 0.263 e. The average Bonchev–Trinajstić information content (AvgIpc) is 3.06. The summed E-state index contributed by atoms with van der Waals surface area (Å²) in [4.78, 5) is 0.336. The highest BCUT2D eigenvalue weighted by molar-refractivity contribution is 7.92. The van der Waals surface area contributed by atoms with Gasteiger partial charge in [0, 0.05) is 6.07 Å². The number of aromatic amines is 1. The molecule has 1 aromatic heterocycles. The van der Waals surface area contributed by atoms with Gasteiger partial charge < -0.3 is 0 Å². The van der Waals surface area contributed by atoms with Gasteiger partial charge in [-0.1, -0.05) is 30.3 Å². The minimum atomic E-state index is -3.74. The zero-order valence-electron chi connectivity index (χ0n) is 15.6. The van der Waals surface area contributed by atoms with Gasteiger partial charge >= 0.3 is 0 Å². The van der Waals surface area contributed by atoms with Crippen molar-refractivity contribution in [1.82, 2.24) is 10.2 Å². The van der Waals surface area contributed by atoms with Crippen molar-refractivity contribution in [3.63, 3.8) is 0 Å². The van der Waals surface area contributed by atoms with Crippen LogP contribution in [0.4, 0.5) is 5.82 Å². The van der Waals surface area contributed by atoms with E-state index < -0.39 is 10.0 Å². The van der Waals surface area contributed by atoms with E-state index in [-0.39, 0.29) is 5.82 Å². The van der Waals surface area contributed by atoms with Gasteiger partial charge in [-0.05, 0) is 68.0 Å². The Hall–Kier alpha value is -2.60. The normalized spacial score (nSPS) is 11.6. The molecule has 2 aromatic carbocycles. The molecule has 3 aromatic rings. The van der Waals surface area contributed by atoms with Gasteiger partial charge in [-0.25, -0.2) is 8.42 Å². The third kappa shape index (κ3) is 3.12. The molecule has 0 aliphatic heterocycles. The van der Waals surface area contributed by atoms with Crippen LogP contribution in [0.15, 0.2) is 41.3 Å². The lowest BCUT2D eigenvalue weighted by atomic mass is 9.95. The van der Waals surface area contributed by atoms with Gasteiger partial charge in [0.2, 0.25) is 0 Å². The first-order valence-corrected chi connectivity index (χ1v) is 9.91. The fourth-order valence-electron chi connectivity index (χ4n) is 3.20. The predicted octanol–water partition coefficient (Wildman–Crippen LogP) is 4.42. The summed E-state index contributed by atoms with van der Waals surface area (Å²) in [7, 11) is -3.74. The number of hydrogen-bond donors (Lipinski definition) is 2. The number of nitrogens with one attached hydrogen (secondary N) is 2. The molecular weight excluding hydrogens is 346 g/mol. The SMILES string of the molecule is Cc1c(C)c(C)c(S(=O)(=O)Nc2cc(-c3ccccc3)[nH]n2)c(C)c1C. The summed E-state index contributed by atoms with van der Waals surface area (Å²) in [6, 6.07) is 11.3. The maximum absolute atomic E-state index is 13.0. The highest BCUT2D eigenvalue weighted by atomic mass is 32.2. The topological polar surface area (TPSA) is 74.8 Å². The molecule has 0 radical (unpaired) electrons. The summed E-state index contributed by atoms with van der Waals surface area (Å²) in [6.45, 7) is 9.64. The van der Waals surface area contributed by atoms with Crippen molar-refractivity contribution in [2.24, 2.45) is 0 Å². The summed E-state index contributed by atoms with van der Waals surface area (Å²) in [6.07, 6.45) is 0. The minimum Gasteiger partial charge on any atom is -0.276 e. The Morgan fingerprint density at radius 3 is 1.96 bits per heavy atom. The molecule has 0 spiro atoms. The fraction of sp³-hybridized carbons (Fsp3) is 0.250. The third-order valence-corrected chi connectivity index (χ3v) is 6.73. The van der Waals surface area contributed by atoms with Crippen LogP contribution in [0.3, 0.4) is 0 Å². The summed E-state index contributed by atoms with van der Waals surface area (Å²) in [5, 5.41) is 6.99. The van der Waals surface area contributed by atoms with E-state index in [2.05, 4.69) is 14.9 Å². The number of sulfonamides is 1. The summed E-state index contributed by atoms with van der Waals surface area (Å²) in [5.41, 5.74) is 6.38. The van der Waals surface area contributed by atoms with Crippen LogP contribution < -0.4 is 4.72 Å². The fourth-order valence-corrected chi connectivity index (χ4v) is 4.79. The van der Waals surface area contributed by atoms with Crippen LogP contribution in [0, 0.1) is 34.6 Å². The molecule has 0 saturated heterocycles. The van der Waals surface area contributed by atoms with Gasteiger partial charge in [0.05, 0.1) is 10.6 Å². The molecule has 0 aliphatic rings. The van der Waals surface area contributed by atoms with Crippen molar-refractivity contribution in [2.45, 2.75) is 39.5 Å². The molecule has 136 valence electrons. The molecule has 2 N–H and O–H groups in total. The van der Waals surface area contributed by atoms with E-state index in [1.165, 1.54) is 0 Å². The van der Waals surface area contributed by atoms with E-state index in [0.29, 0.717) is 4.90 Å². The molecule has 6 heteroatoms. The molecule has 0 bridgehead atoms. The maximum Gasteiger partial charge on any atom is 0.263 e. The Morgan fingerprint density at radius 2 is 1.38 bits per heavy atom. The first kappa shape index (κ1) is 18.2. The standard InChI is InChI=1S/C20H23N3O2S/c1-12-13(2)15(4)20(16(5)14(12)3)26(24,25)23-19-11-18(21-22-19)17-9-7-6-8-10-17/h6-11H,1-5H3,(H2,21,22,23). The van der Waals surface area contributed by atoms with Crippen molar-refractivity contribution in [3.8, 4) is 11.3 Å². The van der Waals surface area contributed by atoms with Crippen molar-refractivity contribution < 1.29 is 8.42 Å². The van der Waals surface area contributed by atoms with E-state index in [1.54, 1.807) is 6.07 Å². The van der Waals surface area contributed by atoms with Crippen LogP contribution in [0.5, 0.6) is 0 Å². The first-order valence-electron chi connectivity index (χ1n) is 8.43. The number of anilines is 1. The lowest BCUT2D eigenvalue weighted by Gasteiger charge is -2.18. The second kappa shape index (κ2) is 6.61. The molecule has 3 rings (SSSR count). The molecule has 0 atom stereocenters. The Bertz CT molecular complexity index is 1040. The van der Waals surface area contributed by atoms with Crippen LogP contribution in [0.1, 0.15) is 27.8 Å². The quantitative estimate of drug-likeness (QED) is 0.715. The van der Waals surface area contributed by atoms with E-state index in [0.717, 1.165) is 39.1 Å². The largest absolute Gasteiger partial charge is 0.276 e. The van der Waals surface area contributed by atoms with E-state index in [1.807, 2.05) is 65.0 Å². The molecule has 0 saturated carbocycles. The zero-order chi connectivity index (χ0) is 19.1. The van der Waals surface area contributed by atoms with Gasteiger partial charge in [0.15, 0.2) is 5.82 Å². The van der Waals surface area contributed by atoms with Crippen molar-refractivity contribution in [3.05, 3.63) is 64.2 Å². The average molecular weight is 369 g/mol. The van der Waals surface area contributed by atoms with Crippen LogP contribution in [0.2, 0.25) is 0 Å². The summed E-state index contributed by atoms with van der Waals surface area (Å²) >= 11 is 0. The molecule has 26 heavy (non-hydrogen) atoms. The van der Waals surface area contributed by atoms with Crippen LogP contribution >= 0.6 is 0 Å². The summed E-state index contributed by atoms with van der Waals surface area (Å²) in [5.74, 6) is 0.276. The Balaban J connectivity index is 2.00. The van der Waals surface area contributed by atoms with Crippen LogP contribution in [-0.2, 0) is 10.0 Å². The number of aromatic nitrogens is 2. The molecular formula is C20H23N3O2S. The van der Waals surface area contributed by atoms with Crippen LogP contribution in [-0.4, -0.2) is 18.6 Å². The van der Waals surface area contributed by atoms with Gasteiger partial charge in [-0.2, -0.15) is 5.10 Å². The number of hydrogen-bond acceptors (Lipinski definition) is 3. The number of H-pyrrole nitrogens is 1. The van der Waals surface area contributed by atoms with E-state index in [4.69, 9.17) is 0 Å². The highest BCUT2D eigenvalue weighted by Gasteiger charge is 2.24. The number of rotatable bonds is 4. The van der Waals surface area contributed by atoms with Gasteiger partial charge in [0.1, 0.15) is 0 Å². The lowest BCUT2D eigenvalue weighted by Crippen LogP contribution is -2.18. The Morgan fingerprint density at radius 1 is 0.846 bits per heavy atom. The van der Waals surface area contributed by atoms with Gasteiger partial charge in [-0.3, -0.25) is 9.82 Å². The van der Waals surface area contributed by atoms with Gasteiger partial charge in [0.25, 0.3) is 10.0 Å². The Labute approximate surface area is 154 Å². The maximum atomic E-state index is 13.0. The molecule has 1 heterocycles. The lowest BCUT2D eigenvalue weighted by molar-refractivity contribution is 0.599. The predicted molar refractivity (Wildman–Crippen MR) is 105 cm³/mol. The second-order valence-electron chi connectivity index (χ2n) is 6.59. The highest BCUT2D eigenvalue weighted by Crippen LogP contribution is 2.31. The van der Waals surface area contributed by atoms with E-state index >= 15 is 0 Å². The van der Waals surface area contributed by atoms with Crippen molar-refractivity contribution in [1.29, 1.82) is 0 Å². The van der Waals surface area contributed by atoms with Crippen LogP contribution in [0.25, 0.3) is 11.3 Å². The van der Waals surface area contributed by atoms with Gasteiger partial charge in [-0.15, -0.1) is 0 Å². The van der Waals surface area contributed by atoms with Crippen molar-refractivity contribution in [2.75, 3.05) is 4.72 Å². The summed E-state index contributed by atoms with van der Waals surface area (Å²) < 4.78 is 28.7. The molecule has 0 amide bonds. The Kier molecular flexibility index (Phi) is 4.63. The molecule has 0 fully saturated rings. The monoisotopic (exact) mass is 369 g/mol. The van der Waals surface area contributed by atoms with Crippen molar-refractivity contribution >= 4 is 15.8 Å². The third-order valence-electron chi connectivity index (χ3n) is 5.10. The minimum absolute atomic E-state index is 0.276. The molecule has 5 nitrogen and oxygen atoms in total. The number of nitrogens with zero attached hydrogens (tertiary/aromatic N) is 1. The number of benzene rings is 2. The van der Waals surface area contributed by atoms with E-state index in [9.17, 15) is 8.42 Å². The first-order chi connectivity index (χ1) is 12.2.